The van der Waals surface area contributed by atoms with Crippen molar-refractivity contribution in [1.82, 2.24) is 0 Å². The second kappa shape index (κ2) is 4.88. The number of hydrogen-bond acceptors (Lipinski definition) is 2. The van der Waals surface area contributed by atoms with E-state index in [1.165, 1.54) is 0 Å². The molecular formula is C16H20O2S. The van der Waals surface area contributed by atoms with Gasteiger partial charge in [0.2, 0.25) is 0 Å². The maximum Gasteiger partial charge on any atom is 0.0919 e. The van der Waals surface area contributed by atoms with E-state index < -0.39 is 16.4 Å². The molecule has 2 saturated heterocycles. The van der Waals surface area contributed by atoms with Crippen LogP contribution in [0.5, 0.6) is 0 Å². The summed E-state index contributed by atoms with van der Waals surface area (Å²) in [5.74, 6) is 0. The highest BCUT2D eigenvalue weighted by Crippen LogP contribution is 2.44. The lowest BCUT2D eigenvalue weighted by Crippen LogP contribution is -2.49. The molecule has 0 saturated carbocycles. The molecule has 2 aliphatic heterocycles. The molecule has 2 aliphatic rings. The van der Waals surface area contributed by atoms with Gasteiger partial charge in [0.1, 0.15) is 0 Å². The van der Waals surface area contributed by atoms with Crippen molar-refractivity contribution >= 4 is 16.4 Å². The van der Waals surface area contributed by atoms with Gasteiger partial charge in [-0.05, 0) is 36.8 Å². The van der Waals surface area contributed by atoms with E-state index in [2.05, 4.69) is 6.58 Å². The first-order chi connectivity index (χ1) is 9.10. The van der Waals surface area contributed by atoms with Crippen molar-refractivity contribution in [2.45, 2.75) is 48.2 Å². The molecular weight excluding hydrogens is 256 g/mol. The van der Waals surface area contributed by atoms with Crippen molar-refractivity contribution in [3.05, 3.63) is 42.5 Å². The highest BCUT2D eigenvalue weighted by molar-refractivity contribution is 7.86. The lowest BCUT2D eigenvalue weighted by Gasteiger charge is -2.44. The molecule has 0 amide bonds. The molecule has 2 nitrogen and oxygen atoms in total. The molecule has 3 rings (SSSR count). The average Bonchev–Trinajstić information content (AvgIpc) is 2.41. The SMILES string of the molecule is C=C(c1ccccc1)C1(O)CC2CCCC(C1)S2=O. The fourth-order valence-corrected chi connectivity index (χ4v) is 5.66. The number of benzene rings is 1. The quantitative estimate of drug-likeness (QED) is 0.902. The molecule has 2 unspecified atom stereocenters. The number of hydrogen-bond donors (Lipinski definition) is 1. The fourth-order valence-electron chi connectivity index (χ4n) is 3.44. The van der Waals surface area contributed by atoms with Gasteiger partial charge in [-0.15, -0.1) is 0 Å². The first-order valence-electron chi connectivity index (χ1n) is 6.97. The summed E-state index contributed by atoms with van der Waals surface area (Å²) in [5, 5.41) is 11.3. The van der Waals surface area contributed by atoms with Gasteiger partial charge in [-0.2, -0.15) is 0 Å². The van der Waals surface area contributed by atoms with Gasteiger partial charge < -0.3 is 5.11 Å². The largest absolute Gasteiger partial charge is 0.385 e. The minimum Gasteiger partial charge on any atom is -0.385 e. The van der Waals surface area contributed by atoms with Crippen LogP contribution in [0.3, 0.4) is 0 Å². The maximum absolute atomic E-state index is 12.2. The van der Waals surface area contributed by atoms with Crippen molar-refractivity contribution in [1.29, 1.82) is 0 Å². The minimum atomic E-state index is -0.870. The monoisotopic (exact) mass is 276 g/mol. The molecule has 2 heterocycles. The Morgan fingerprint density at radius 3 is 2.37 bits per heavy atom. The summed E-state index contributed by atoms with van der Waals surface area (Å²) in [6, 6.07) is 9.87. The summed E-state index contributed by atoms with van der Waals surface area (Å²) in [6.45, 7) is 4.12. The number of aliphatic hydroxyl groups is 1. The molecule has 2 atom stereocenters. The highest BCUT2D eigenvalue weighted by atomic mass is 32.2. The van der Waals surface area contributed by atoms with Crippen LogP contribution in [0.25, 0.3) is 5.57 Å². The molecule has 0 spiro atoms. The van der Waals surface area contributed by atoms with Gasteiger partial charge in [-0.25, -0.2) is 0 Å². The van der Waals surface area contributed by atoms with E-state index >= 15 is 0 Å². The van der Waals surface area contributed by atoms with Crippen LogP contribution >= 0.6 is 0 Å². The Kier molecular flexibility index (Phi) is 3.35. The van der Waals surface area contributed by atoms with Gasteiger partial charge in [-0.3, -0.25) is 4.21 Å². The highest BCUT2D eigenvalue weighted by Gasteiger charge is 2.46. The maximum atomic E-state index is 12.2. The zero-order valence-electron chi connectivity index (χ0n) is 11.0. The third-order valence-corrected chi connectivity index (χ3v) is 6.64. The van der Waals surface area contributed by atoms with Gasteiger partial charge in [0.15, 0.2) is 0 Å². The molecule has 2 bridgehead atoms. The molecule has 0 aliphatic carbocycles. The number of rotatable bonds is 2. The van der Waals surface area contributed by atoms with Crippen LogP contribution in [-0.2, 0) is 10.8 Å². The van der Waals surface area contributed by atoms with E-state index in [9.17, 15) is 9.32 Å². The van der Waals surface area contributed by atoms with Crippen LogP contribution in [0.4, 0.5) is 0 Å². The second-order valence-corrected chi connectivity index (χ2v) is 7.78. The molecule has 1 aromatic rings. The van der Waals surface area contributed by atoms with Crippen molar-refractivity contribution in [3.63, 3.8) is 0 Å². The molecule has 1 N–H and O–H groups in total. The van der Waals surface area contributed by atoms with E-state index in [0.717, 1.165) is 30.4 Å². The first-order valence-corrected chi connectivity index (χ1v) is 8.24. The third kappa shape index (κ3) is 2.30. The van der Waals surface area contributed by atoms with Gasteiger partial charge in [0, 0.05) is 21.3 Å². The van der Waals surface area contributed by atoms with Crippen molar-refractivity contribution in [3.8, 4) is 0 Å². The Bertz CT molecular complexity index is 493. The summed E-state index contributed by atoms with van der Waals surface area (Å²) < 4.78 is 12.2. The average molecular weight is 276 g/mol. The standard InChI is InChI=1S/C16H20O2S/c1-12(13-6-3-2-4-7-13)16(17)10-14-8-5-9-15(11-16)19(14)18/h2-4,6-7,14-15,17H,1,5,8-11H2. The van der Waals surface area contributed by atoms with Crippen LogP contribution < -0.4 is 0 Å². The van der Waals surface area contributed by atoms with Crippen molar-refractivity contribution in [2.75, 3.05) is 0 Å². The molecule has 3 heteroatoms. The van der Waals surface area contributed by atoms with E-state index in [1.54, 1.807) is 0 Å². The summed E-state index contributed by atoms with van der Waals surface area (Å²) in [7, 11) is -0.757. The minimum absolute atomic E-state index is 0.151. The summed E-state index contributed by atoms with van der Waals surface area (Å²) in [6.07, 6.45) is 4.31. The zero-order valence-corrected chi connectivity index (χ0v) is 11.9. The van der Waals surface area contributed by atoms with E-state index in [4.69, 9.17) is 0 Å². The van der Waals surface area contributed by atoms with Crippen LogP contribution in [0, 0.1) is 0 Å². The van der Waals surface area contributed by atoms with Crippen LogP contribution in [0.2, 0.25) is 0 Å². The van der Waals surface area contributed by atoms with Crippen LogP contribution in [-0.4, -0.2) is 25.4 Å². The smallest absolute Gasteiger partial charge is 0.0919 e. The Balaban J connectivity index is 1.88. The molecule has 1 aromatic carbocycles. The zero-order chi connectivity index (χ0) is 13.5. The van der Waals surface area contributed by atoms with E-state index in [1.807, 2.05) is 30.3 Å². The molecule has 2 fully saturated rings. The molecule has 102 valence electrons. The lowest BCUT2D eigenvalue weighted by atomic mass is 9.78. The van der Waals surface area contributed by atoms with Gasteiger partial charge in [-0.1, -0.05) is 43.3 Å². The normalized spacial score (nSPS) is 37.8. The topological polar surface area (TPSA) is 37.3 Å². The fraction of sp³-hybridized carbons (Fsp3) is 0.500. The van der Waals surface area contributed by atoms with Crippen molar-refractivity contribution in [2.24, 2.45) is 0 Å². The third-order valence-electron chi connectivity index (χ3n) is 4.52. The predicted molar refractivity (Wildman–Crippen MR) is 79.2 cm³/mol. The molecule has 0 radical (unpaired) electrons. The van der Waals surface area contributed by atoms with Gasteiger partial charge >= 0.3 is 0 Å². The Morgan fingerprint density at radius 1 is 1.21 bits per heavy atom. The Morgan fingerprint density at radius 2 is 1.79 bits per heavy atom. The Labute approximate surface area is 117 Å². The first kappa shape index (κ1) is 13.1. The van der Waals surface area contributed by atoms with Crippen molar-refractivity contribution < 1.29 is 9.32 Å². The predicted octanol–water partition coefficient (Wildman–Crippen LogP) is 2.89. The van der Waals surface area contributed by atoms with E-state index in [0.29, 0.717) is 12.8 Å². The Hall–Kier alpha value is -0.930. The summed E-state index contributed by atoms with van der Waals surface area (Å²) in [4.78, 5) is 0. The summed E-state index contributed by atoms with van der Waals surface area (Å²) in [5.41, 5.74) is 0.919. The van der Waals surface area contributed by atoms with Gasteiger partial charge in [0.25, 0.3) is 0 Å². The van der Waals surface area contributed by atoms with Crippen LogP contribution in [0.15, 0.2) is 36.9 Å². The van der Waals surface area contributed by atoms with E-state index in [-0.39, 0.29) is 10.5 Å². The van der Waals surface area contributed by atoms with Crippen LogP contribution in [0.1, 0.15) is 37.7 Å². The summed E-state index contributed by atoms with van der Waals surface area (Å²) >= 11 is 0. The lowest BCUT2D eigenvalue weighted by molar-refractivity contribution is 0.0688. The molecule has 19 heavy (non-hydrogen) atoms. The molecule has 0 aromatic heterocycles. The number of fused-ring (bicyclic) bond motifs is 2. The van der Waals surface area contributed by atoms with Gasteiger partial charge in [0.05, 0.1) is 5.60 Å². The second-order valence-electron chi connectivity index (χ2n) is 5.79.